The van der Waals surface area contributed by atoms with Crippen LogP contribution < -0.4 is 11.1 Å². The predicted octanol–water partition coefficient (Wildman–Crippen LogP) is 1.49. The van der Waals surface area contributed by atoms with Crippen molar-refractivity contribution in [2.75, 3.05) is 13.6 Å². The normalized spacial score (nSPS) is 20.2. The van der Waals surface area contributed by atoms with Gasteiger partial charge in [0.05, 0.1) is 0 Å². The van der Waals surface area contributed by atoms with Gasteiger partial charge in [-0.3, -0.25) is 4.99 Å². The molecule has 1 rings (SSSR count). The molecule has 1 saturated carbocycles. The lowest BCUT2D eigenvalue weighted by Gasteiger charge is -2.21. The highest BCUT2D eigenvalue weighted by molar-refractivity contribution is 5.77. The molecule has 1 aliphatic rings. The van der Waals surface area contributed by atoms with Crippen molar-refractivity contribution in [3.8, 4) is 0 Å². The molecule has 1 aliphatic carbocycles. The van der Waals surface area contributed by atoms with E-state index in [4.69, 9.17) is 5.73 Å². The summed E-state index contributed by atoms with van der Waals surface area (Å²) in [6.07, 6.45) is 8.33. The molecule has 0 unspecified atom stereocenters. The molecule has 0 amide bonds. The van der Waals surface area contributed by atoms with Gasteiger partial charge in [0.2, 0.25) is 0 Å². The van der Waals surface area contributed by atoms with Gasteiger partial charge in [0.1, 0.15) is 0 Å². The van der Waals surface area contributed by atoms with Crippen LogP contribution >= 0.6 is 0 Å². The Hall–Kier alpha value is -0.730. The average molecular weight is 183 g/mol. The lowest BCUT2D eigenvalue weighted by molar-refractivity contribution is 0.339. The van der Waals surface area contributed by atoms with E-state index in [-0.39, 0.29) is 0 Å². The molecular formula is C10H21N3. The van der Waals surface area contributed by atoms with Crippen LogP contribution in [0, 0.1) is 5.92 Å². The molecule has 0 aliphatic heterocycles. The molecule has 0 radical (unpaired) electrons. The second kappa shape index (κ2) is 5.84. The Kier molecular flexibility index (Phi) is 4.65. The molecule has 76 valence electrons. The monoisotopic (exact) mass is 183 g/mol. The third-order valence-corrected chi connectivity index (χ3v) is 2.82. The number of hydrogen-bond acceptors (Lipinski definition) is 1. The molecular weight excluding hydrogens is 162 g/mol. The van der Waals surface area contributed by atoms with Crippen molar-refractivity contribution < 1.29 is 0 Å². The molecule has 3 nitrogen and oxygen atoms in total. The number of nitrogens with one attached hydrogen (secondary N) is 1. The highest BCUT2D eigenvalue weighted by Crippen LogP contribution is 2.25. The van der Waals surface area contributed by atoms with Gasteiger partial charge in [-0.25, -0.2) is 0 Å². The van der Waals surface area contributed by atoms with Crippen LogP contribution in [0.15, 0.2) is 4.99 Å². The molecule has 0 spiro atoms. The van der Waals surface area contributed by atoms with E-state index in [0.717, 1.165) is 12.5 Å². The van der Waals surface area contributed by atoms with Crippen molar-refractivity contribution in [2.45, 2.75) is 38.5 Å². The van der Waals surface area contributed by atoms with Crippen LogP contribution in [0.25, 0.3) is 0 Å². The van der Waals surface area contributed by atoms with Crippen LogP contribution in [0.3, 0.4) is 0 Å². The number of guanidine groups is 1. The lowest BCUT2D eigenvalue weighted by Crippen LogP contribution is -2.33. The van der Waals surface area contributed by atoms with E-state index < -0.39 is 0 Å². The average Bonchev–Trinajstić information content (AvgIpc) is 2.19. The Labute approximate surface area is 80.8 Å². The summed E-state index contributed by atoms with van der Waals surface area (Å²) < 4.78 is 0. The zero-order valence-corrected chi connectivity index (χ0v) is 8.55. The van der Waals surface area contributed by atoms with Crippen molar-refractivity contribution in [1.82, 2.24) is 5.32 Å². The van der Waals surface area contributed by atoms with Crippen LogP contribution in [0.1, 0.15) is 38.5 Å². The van der Waals surface area contributed by atoms with Crippen LogP contribution in [-0.2, 0) is 0 Å². The van der Waals surface area contributed by atoms with Crippen LogP contribution in [0.4, 0.5) is 0 Å². The Balaban J connectivity index is 2.04. The summed E-state index contributed by atoms with van der Waals surface area (Å²) in [7, 11) is 1.71. The van der Waals surface area contributed by atoms with E-state index in [0.29, 0.717) is 5.96 Å². The molecule has 3 heteroatoms. The van der Waals surface area contributed by atoms with E-state index in [1.54, 1.807) is 7.05 Å². The van der Waals surface area contributed by atoms with Crippen molar-refractivity contribution >= 4 is 5.96 Å². The summed E-state index contributed by atoms with van der Waals surface area (Å²) in [4.78, 5) is 3.85. The highest BCUT2D eigenvalue weighted by atomic mass is 15.1. The lowest BCUT2D eigenvalue weighted by atomic mass is 9.87. The fourth-order valence-electron chi connectivity index (χ4n) is 1.96. The van der Waals surface area contributed by atoms with Gasteiger partial charge in [0, 0.05) is 13.6 Å². The van der Waals surface area contributed by atoms with E-state index >= 15 is 0 Å². The fraction of sp³-hybridized carbons (Fsp3) is 0.900. The van der Waals surface area contributed by atoms with Gasteiger partial charge in [-0.1, -0.05) is 32.1 Å². The maximum absolute atomic E-state index is 5.53. The van der Waals surface area contributed by atoms with E-state index in [2.05, 4.69) is 10.3 Å². The number of nitrogens with zero attached hydrogens (tertiary/aromatic N) is 1. The summed E-state index contributed by atoms with van der Waals surface area (Å²) in [5.41, 5.74) is 5.53. The number of hydrogen-bond donors (Lipinski definition) is 2. The van der Waals surface area contributed by atoms with Crippen molar-refractivity contribution in [3.63, 3.8) is 0 Å². The Bertz CT molecular complexity index is 160. The molecule has 0 bridgehead atoms. The molecule has 0 aromatic heterocycles. The van der Waals surface area contributed by atoms with Crippen molar-refractivity contribution in [3.05, 3.63) is 0 Å². The number of aliphatic imine (C=N–C) groups is 1. The largest absolute Gasteiger partial charge is 0.370 e. The SMILES string of the molecule is CN=C(N)NCCC1CCCCC1. The predicted molar refractivity (Wildman–Crippen MR) is 56.7 cm³/mol. The van der Waals surface area contributed by atoms with Gasteiger partial charge >= 0.3 is 0 Å². The molecule has 13 heavy (non-hydrogen) atoms. The topological polar surface area (TPSA) is 50.4 Å². The first-order valence-electron chi connectivity index (χ1n) is 5.29. The highest BCUT2D eigenvalue weighted by Gasteiger charge is 2.12. The Morgan fingerprint density at radius 1 is 1.38 bits per heavy atom. The zero-order valence-electron chi connectivity index (χ0n) is 8.55. The van der Waals surface area contributed by atoms with Crippen molar-refractivity contribution in [2.24, 2.45) is 16.6 Å². The zero-order chi connectivity index (χ0) is 9.52. The van der Waals surface area contributed by atoms with E-state index in [1.165, 1.54) is 38.5 Å². The molecule has 0 aromatic rings. The minimum absolute atomic E-state index is 0.566. The van der Waals surface area contributed by atoms with Crippen molar-refractivity contribution in [1.29, 1.82) is 0 Å². The van der Waals surface area contributed by atoms with Crippen LogP contribution in [0.5, 0.6) is 0 Å². The summed E-state index contributed by atoms with van der Waals surface area (Å²) in [6, 6.07) is 0. The summed E-state index contributed by atoms with van der Waals surface area (Å²) in [5, 5.41) is 3.11. The molecule has 0 aromatic carbocycles. The minimum atomic E-state index is 0.566. The quantitative estimate of drug-likeness (QED) is 0.514. The van der Waals surface area contributed by atoms with E-state index in [9.17, 15) is 0 Å². The van der Waals surface area contributed by atoms with Crippen LogP contribution in [0.2, 0.25) is 0 Å². The number of nitrogens with two attached hydrogens (primary N) is 1. The smallest absolute Gasteiger partial charge is 0.188 e. The van der Waals surface area contributed by atoms with Gasteiger partial charge < -0.3 is 11.1 Å². The maximum atomic E-state index is 5.53. The van der Waals surface area contributed by atoms with Crippen LogP contribution in [-0.4, -0.2) is 19.6 Å². The molecule has 0 atom stereocenters. The van der Waals surface area contributed by atoms with Gasteiger partial charge in [0.25, 0.3) is 0 Å². The second-order valence-electron chi connectivity index (χ2n) is 3.83. The third-order valence-electron chi connectivity index (χ3n) is 2.82. The third kappa shape index (κ3) is 4.15. The van der Waals surface area contributed by atoms with Gasteiger partial charge in [-0.15, -0.1) is 0 Å². The molecule has 3 N–H and O–H groups in total. The van der Waals surface area contributed by atoms with E-state index in [1.807, 2.05) is 0 Å². The van der Waals surface area contributed by atoms with Gasteiger partial charge in [-0.2, -0.15) is 0 Å². The second-order valence-corrected chi connectivity index (χ2v) is 3.83. The first-order valence-corrected chi connectivity index (χ1v) is 5.29. The first-order chi connectivity index (χ1) is 6.33. The Morgan fingerprint density at radius 2 is 2.08 bits per heavy atom. The summed E-state index contributed by atoms with van der Waals surface area (Å²) in [6.45, 7) is 0.980. The number of rotatable bonds is 3. The maximum Gasteiger partial charge on any atom is 0.188 e. The fourth-order valence-corrected chi connectivity index (χ4v) is 1.96. The molecule has 0 heterocycles. The van der Waals surface area contributed by atoms with Gasteiger partial charge in [-0.05, 0) is 12.3 Å². The molecule has 0 saturated heterocycles. The minimum Gasteiger partial charge on any atom is -0.370 e. The molecule has 1 fully saturated rings. The first kappa shape index (κ1) is 10.4. The Morgan fingerprint density at radius 3 is 2.69 bits per heavy atom. The summed E-state index contributed by atoms with van der Waals surface area (Å²) >= 11 is 0. The standard InChI is InChI=1S/C10H21N3/c1-12-10(11)13-8-7-9-5-3-2-4-6-9/h9H,2-8H2,1H3,(H3,11,12,13). The summed E-state index contributed by atoms with van der Waals surface area (Å²) in [5.74, 6) is 1.49. The van der Waals surface area contributed by atoms with Gasteiger partial charge in [0.15, 0.2) is 5.96 Å².